The number of benzene rings is 9. The van der Waals surface area contributed by atoms with E-state index in [-0.39, 0.29) is 0 Å². The van der Waals surface area contributed by atoms with Gasteiger partial charge in [0.2, 0.25) is 0 Å². The molecule has 0 amide bonds. The summed E-state index contributed by atoms with van der Waals surface area (Å²) in [5.41, 5.74) is 15.1. The lowest BCUT2D eigenvalue weighted by Crippen LogP contribution is -2.04. The van der Waals surface area contributed by atoms with Crippen LogP contribution in [0.4, 0.5) is 0 Å². The Labute approximate surface area is 399 Å². The minimum atomic E-state index is 0.600. The maximum atomic E-state index is 5.30. The summed E-state index contributed by atoms with van der Waals surface area (Å²) in [5.74, 6) is 1.84. The second-order valence-corrected chi connectivity index (χ2v) is 18.1. The van der Waals surface area contributed by atoms with Crippen molar-refractivity contribution < 1.29 is 0 Å². The van der Waals surface area contributed by atoms with Crippen LogP contribution in [-0.4, -0.2) is 19.5 Å². The Morgan fingerprint density at radius 3 is 1.50 bits per heavy atom. The number of thiophene rings is 1. The van der Waals surface area contributed by atoms with E-state index in [1.165, 1.54) is 42.1 Å². The van der Waals surface area contributed by atoms with Gasteiger partial charge in [0.05, 0.1) is 16.7 Å². The van der Waals surface area contributed by atoms with Crippen molar-refractivity contribution in [1.82, 2.24) is 19.5 Å². The molecule has 0 saturated heterocycles. The van der Waals surface area contributed by atoms with Crippen LogP contribution in [0.1, 0.15) is 19.4 Å². The fourth-order valence-corrected chi connectivity index (χ4v) is 10.8. The molecule has 0 aliphatic rings. The van der Waals surface area contributed by atoms with Crippen molar-refractivity contribution in [3.63, 3.8) is 0 Å². The molecule has 0 N–H and O–H groups in total. The number of para-hydroxylation sites is 1. The van der Waals surface area contributed by atoms with Crippen LogP contribution in [-0.2, 0) is 0 Å². The molecule has 0 spiro atoms. The second kappa shape index (κ2) is 17.4. The first-order valence-electron chi connectivity index (χ1n) is 23.1. The molecule has 3 aromatic heterocycles. The predicted octanol–water partition coefficient (Wildman–Crippen LogP) is 17.3. The Morgan fingerprint density at radius 1 is 0.397 bits per heavy atom. The van der Waals surface area contributed by atoms with Gasteiger partial charge in [-0.3, -0.25) is 0 Å². The van der Waals surface area contributed by atoms with Crippen LogP contribution in [0.5, 0.6) is 0 Å². The zero-order valence-corrected chi connectivity index (χ0v) is 38.5. The lowest BCUT2D eigenvalue weighted by molar-refractivity contribution is 1.07. The molecular formula is C63H44N4S. The number of aromatic nitrogens is 4. The van der Waals surface area contributed by atoms with Crippen molar-refractivity contribution in [1.29, 1.82) is 0 Å². The zero-order chi connectivity index (χ0) is 45.6. The third kappa shape index (κ3) is 7.30. The highest BCUT2D eigenvalue weighted by Gasteiger charge is 2.24. The summed E-state index contributed by atoms with van der Waals surface area (Å²) in [6.45, 7) is 4.16. The van der Waals surface area contributed by atoms with Crippen molar-refractivity contribution in [2.75, 3.05) is 0 Å². The average Bonchev–Trinajstić information content (AvgIpc) is 3.94. The largest absolute Gasteiger partial charge is 0.308 e. The minimum absolute atomic E-state index is 0.600. The molecule has 9 aromatic carbocycles. The first-order valence-corrected chi connectivity index (χ1v) is 23.9. The van der Waals surface area contributed by atoms with Gasteiger partial charge in [0.1, 0.15) is 0 Å². The third-order valence-electron chi connectivity index (χ3n) is 13.0. The Bertz CT molecular complexity index is 3830. The van der Waals surface area contributed by atoms with E-state index in [4.69, 9.17) is 15.0 Å². The normalized spacial score (nSPS) is 12.0. The number of hydrogen-bond acceptors (Lipinski definition) is 4. The molecule has 0 atom stereocenters. The molecule has 0 aliphatic heterocycles. The lowest BCUT2D eigenvalue weighted by Gasteiger charge is -2.21. The number of hydrogen-bond donors (Lipinski definition) is 0. The summed E-state index contributed by atoms with van der Waals surface area (Å²) in [7, 11) is 0. The van der Waals surface area contributed by atoms with Gasteiger partial charge < -0.3 is 4.57 Å². The fraction of sp³-hybridized carbons (Fsp3) is 0.0317. The summed E-state index contributed by atoms with van der Waals surface area (Å²) in [6.07, 6.45) is 6.43. The highest BCUT2D eigenvalue weighted by molar-refractivity contribution is 7.25. The molecule has 3 heterocycles. The van der Waals surface area contributed by atoms with Crippen molar-refractivity contribution in [3.8, 4) is 73.2 Å². The van der Waals surface area contributed by atoms with Crippen LogP contribution in [0.2, 0.25) is 0 Å². The van der Waals surface area contributed by atoms with Crippen molar-refractivity contribution in [3.05, 3.63) is 236 Å². The van der Waals surface area contributed by atoms with Gasteiger partial charge in [-0.25, -0.2) is 15.0 Å². The molecular weight excluding hydrogens is 845 g/mol. The third-order valence-corrected chi connectivity index (χ3v) is 14.1. The number of nitrogens with zero attached hydrogens (tertiary/aromatic N) is 4. The van der Waals surface area contributed by atoms with Gasteiger partial charge in [0.25, 0.3) is 0 Å². The number of fused-ring (bicyclic) bond motifs is 6. The summed E-state index contributed by atoms with van der Waals surface area (Å²) < 4.78 is 5.06. The smallest absolute Gasteiger partial charge is 0.164 e. The molecule has 0 aliphatic carbocycles. The first-order chi connectivity index (χ1) is 33.6. The monoisotopic (exact) mass is 888 g/mol. The average molecular weight is 889 g/mol. The maximum Gasteiger partial charge on any atom is 0.164 e. The summed E-state index contributed by atoms with van der Waals surface area (Å²) in [6, 6.07) is 76.1. The van der Waals surface area contributed by atoms with E-state index < -0.39 is 0 Å². The molecule has 0 fully saturated rings. The number of rotatable bonds is 9. The van der Waals surface area contributed by atoms with Crippen LogP contribution in [0.15, 0.2) is 231 Å². The Hall–Kier alpha value is -8.51. The molecule has 0 radical (unpaired) electrons. The molecule has 12 rings (SSSR count). The number of allylic oxidation sites excluding steroid dienone is 4. The topological polar surface area (TPSA) is 43.6 Å². The Balaban J connectivity index is 1.20. The molecule has 4 nitrogen and oxygen atoms in total. The van der Waals surface area contributed by atoms with Crippen molar-refractivity contribution >= 4 is 58.9 Å². The quantitative estimate of drug-likeness (QED) is 0.136. The van der Waals surface area contributed by atoms with Crippen LogP contribution in [0.25, 0.3) is 121 Å². The second-order valence-electron chi connectivity index (χ2n) is 17.0. The van der Waals surface area contributed by atoms with E-state index in [0.717, 1.165) is 66.8 Å². The van der Waals surface area contributed by atoms with E-state index in [9.17, 15) is 0 Å². The van der Waals surface area contributed by atoms with Gasteiger partial charge >= 0.3 is 0 Å². The molecule has 5 heteroatoms. The molecule has 322 valence electrons. The molecule has 12 aromatic rings. The fourth-order valence-electron chi connectivity index (χ4n) is 9.66. The van der Waals surface area contributed by atoms with Gasteiger partial charge in [-0.15, -0.1) is 11.3 Å². The van der Waals surface area contributed by atoms with E-state index in [0.29, 0.717) is 17.5 Å². The maximum absolute atomic E-state index is 5.30. The van der Waals surface area contributed by atoms with Gasteiger partial charge in [-0.1, -0.05) is 194 Å². The highest BCUT2D eigenvalue weighted by atomic mass is 32.1. The zero-order valence-electron chi connectivity index (χ0n) is 37.6. The lowest BCUT2D eigenvalue weighted by atomic mass is 9.91. The highest BCUT2D eigenvalue weighted by Crippen LogP contribution is 2.46. The first kappa shape index (κ1) is 41.0. The summed E-state index contributed by atoms with van der Waals surface area (Å²) >= 11 is 1.85. The molecule has 0 saturated carbocycles. The van der Waals surface area contributed by atoms with Crippen molar-refractivity contribution in [2.45, 2.75) is 13.8 Å². The van der Waals surface area contributed by atoms with Gasteiger partial charge in [0, 0.05) is 58.8 Å². The van der Waals surface area contributed by atoms with Gasteiger partial charge in [0.15, 0.2) is 17.5 Å². The van der Waals surface area contributed by atoms with E-state index in [2.05, 4.69) is 213 Å². The van der Waals surface area contributed by atoms with Crippen LogP contribution in [0, 0.1) is 0 Å². The van der Waals surface area contributed by atoms with E-state index in [1.807, 2.05) is 47.7 Å². The van der Waals surface area contributed by atoms with E-state index >= 15 is 0 Å². The SMILES string of the molecule is C/C=C\C(=C/C)c1ccc(-c2cc(-c3nc(-c4ccccc4)nc(-c4ccccc4)n3)cc(-c3ccc(-c4ccccc4)cc3)c2-n2c3ccccc3c3cc4c(cc32)sc2ccccc24)cc1. The molecule has 0 bridgehead atoms. The Morgan fingerprint density at radius 2 is 0.897 bits per heavy atom. The van der Waals surface area contributed by atoms with E-state index in [1.54, 1.807) is 0 Å². The minimum Gasteiger partial charge on any atom is -0.308 e. The van der Waals surface area contributed by atoms with Crippen LogP contribution >= 0.6 is 11.3 Å². The standard InChI is InChI=1S/C63H44N4S/c1-3-18-41(4-2)43-29-33-45(34-30-43)52-37-49(63-65-61(47-21-10-6-11-22-47)64-62(66-63)48-23-12-7-13-24-48)38-53(46-35-31-44(32-36-46)42-19-8-5-9-20-42)60(52)67-56-27-16-14-25-50(56)54-39-55-51-26-15-17-28-58(51)68-59(55)40-57(54)67/h3-40H,1-2H3/b18-3-,41-4+. The van der Waals surface area contributed by atoms with Crippen molar-refractivity contribution in [2.24, 2.45) is 0 Å². The van der Waals surface area contributed by atoms with Gasteiger partial charge in [-0.05, 0) is 83.6 Å². The molecule has 68 heavy (non-hydrogen) atoms. The van der Waals surface area contributed by atoms with Crippen LogP contribution in [0.3, 0.4) is 0 Å². The van der Waals surface area contributed by atoms with Gasteiger partial charge in [-0.2, -0.15) is 0 Å². The molecule has 0 unspecified atom stereocenters. The summed E-state index contributed by atoms with van der Waals surface area (Å²) in [4.78, 5) is 15.7. The Kier molecular flexibility index (Phi) is 10.5. The predicted molar refractivity (Wildman–Crippen MR) is 288 cm³/mol. The van der Waals surface area contributed by atoms with Crippen LogP contribution < -0.4 is 0 Å². The summed E-state index contributed by atoms with van der Waals surface area (Å²) in [5, 5.41) is 4.99.